The number of nitrogen functional groups attached to an aromatic ring is 1. The van der Waals surface area contributed by atoms with Crippen molar-refractivity contribution in [3.8, 4) is 11.5 Å². The molecule has 3 nitrogen and oxygen atoms in total. The molecule has 0 amide bonds. The molecule has 0 radical (unpaired) electrons. The van der Waals surface area contributed by atoms with Gasteiger partial charge in [0.2, 0.25) is 0 Å². The second-order valence-corrected chi connectivity index (χ2v) is 5.56. The Morgan fingerprint density at radius 1 is 1.05 bits per heavy atom. The lowest BCUT2D eigenvalue weighted by Crippen LogP contribution is -2.01. The number of benzene rings is 2. The van der Waals surface area contributed by atoms with E-state index in [1.165, 1.54) is 11.1 Å². The Kier molecular flexibility index (Phi) is 4.73. The molecule has 2 rings (SSSR count). The van der Waals surface area contributed by atoms with Crippen molar-refractivity contribution in [1.29, 1.82) is 0 Å². The summed E-state index contributed by atoms with van der Waals surface area (Å²) in [5.74, 6) is 2.07. The van der Waals surface area contributed by atoms with Gasteiger partial charge in [-0.1, -0.05) is 32.0 Å². The highest BCUT2D eigenvalue weighted by Gasteiger charge is 2.09. The zero-order valence-corrected chi connectivity index (χ0v) is 13.1. The Bertz CT molecular complexity index is 621. The molecule has 0 aliphatic carbocycles. The minimum absolute atomic E-state index is 0.432. The maximum atomic E-state index is 6.00. The van der Waals surface area contributed by atoms with Crippen molar-refractivity contribution in [2.24, 2.45) is 0 Å². The van der Waals surface area contributed by atoms with E-state index >= 15 is 0 Å². The van der Waals surface area contributed by atoms with Crippen molar-refractivity contribution in [2.45, 2.75) is 33.3 Å². The second-order valence-electron chi connectivity index (χ2n) is 5.56. The van der Waals surface area contributed by atoms with E-state index in [9.17, 15) is 0 Å². The van der Waals surface area contributed by atoms with Crippen LogP contribution < -0.4 is 15.2 Å². The highest BCUT2D eigenvalue weighted by Crippen LogP contribution is 2.29. The van der Waals surface area contributed by atoms with Crippen LogP contribution in [0.4, 0.5) is 5.69 Å². The summed E-state index contributed by atoms with van der Waals surface area (Å²) in [7, 11) is 1.61. The monoisotopic (exact) mass is 285 g/mol. The highest BCUT2D eigenvalue weighted by atomic mass is 16.5. The average molecular weight is 285 g/mol. The molecule has 0 aromatic heterocycles. The van der Waals surface area contributed by atoms with Crippen molar-refractivity contribution in [3.05, 3.63) is 53.1 Å². The fourth-order valence-electron chi connectivity index (χ4n) is 2.28. The van der Waals surface area contributed by atoms with Crippen molar-refractivity contribution < 1.29 is 9.47 Å². The summed E-state index contributed by atoms with van der Waals surface area (Å²) in [4.78, 5) is 0. The first-order chi connectivity index (χ1) is 10.0. The van der Waals surface area contributed by atoms with E-state index < -0.39 is 0 Å². The summed E-state index contributed by atoms with van der Waals surface area (Å²) >= 11 is 0. The van der Waals surface area contributed by atoms with Crippen LogP contribution in [0.5, 0.6) is 11.5 Å². The number of nitrogens with two attached hydrogens (primary N) is 1. The Balaban J connectivity index is 2.16. The minimum atomic E-state index is 0.432. The first-order valence-corrected chi connectivity index (χ1v) is 7.17. The molecule has 0 spiro atoms. The van der Waals surface area contributed by atoms with Crippen LogP contribution in [0.1, 0.15) is 36.5 Å². The molecule has 0 saturated carbocycles. The van der Waals surface area contributed by atoms with Gasteiger partial charge in [-0.25, -0.2) is 0 Å². The topological polar surface area (TPSA) is 44.5 Å². The predicted molar refractivity (Wildman–Crippen MR) is 87.0 cm³/mol. The Labute approximate surface area is 126 Å². The van der Waals surface area contributed by atoms with Crippen LogP contribution in [-0.2, 0) is 6.61 Å². The van der Waals surface area contributed by atoms with Gasteiger partial charge in [0.15, 0.2) is 0 Å². The molecule has 0 heterocycles. The molecule has 2 aromatic carbocycles. The molecular formula is C18H23NO2. The van der Waals surface area contributed by atoms with Crippen molar-refractivity contribution in [3.63, 3.8) is 0 Å². The van der Waals surface area contributed by atoms with E-state index in [0.717, 1.165) is 11.3 Å². The van der Waals surface area contributed by atoms with Crippen LogP contribution in [0.3, 0.4) is 0 Å². The van der Waals surface area contributed by atoms with E-state index in [2.05, 4.69) is 39.0 Å². The second kappa shape index (κ2) is 6.53. The van der Waals surface area contributed by atoms with Crippen LogP contribution >= 0.6 is 0 Å². The van der Waals surface area contributed by atoms with Crippen LogP contribution in [0.2, 0.25) is 0 Å². The molecule has 0 atom stereocenters. The van der Waals surface area contributed by atoms with Crippen molar-refractivity contribution in [1.82, 2.24) is 0 Å². The van der Waals surface area contributed by atoms with Gasteiger partial charge in [-0.2, -0.15) is 0 Å². The van der Waals surface area contributed by atoms with Gasteiger partial charge in [0.05, 0.1) is 12.8 Å². The predicted octanol–water partition coefficient (Wildman–Crippen LogP) is 4.29. The summed E-state index contributed by atoms with van der Waals surface area (Å²) in [6.07, 6.45) is 0. The molecule has 2 aromatic rings. The lowest BCUT2D eigenvalue weighted by Gasteiger charge is -2.15. The average Bonchev–Trinajstić information content (AvgIpc) is 2.45. The van der Waals surface area contributed by atoms with Crippen LogP contribution in [0.15, 0.2) is 36.4 Å². The van der Waals surface area contributed by atoms with Crippen LogP contribution in [0, 0.1) is 6.92 Å². The van der Waals surface area contributed by atoms with E-state index in [4.69, 9.17) is 15.2 Å². The lowest BCUT2D eigenvalue weighted by atomic mass is 10.0. The van der Waals surface area contributed by atoms with Gasteiger partial charge < -0.3 is 15.2 Å². The molecule has 21 heavy (non-hydrogen) atoms. The summed E-state index contributed by atoms with van der Waals surface area (Å²) in [5, 5.41) is 0. The Morgan fingerprint density at radius 2 is 1.81 bits per heavy atom. The van der Waals surface area contributed by atoms with Gasteiger partial charge in [-0.15, -0.1) is 0 Å². The molecule has 3 heteroatoms. The molecule has 2 N–H and O–H groups in total. The van der Waals surface area contributed by atoms with E-state index in [0.29, 0.717) is 24.0 Å². The van der Waals surface area contributed by atoms with E-state index in [1.807, 2.05) is 18.2 Å². The highest BCUT2D eigenvalue weighted by molar-refractivity contribution is 5.54. The van der Waals surface area contributed by atoms with E-state index in [-0.39, 0.29) is 0 Å². The molecular weight excluding hydrogens is 262 g/mol. The first-order valence-electron chi connectivity index (χ1n) is 7.17. The summed E-state index contributed by atoms with van der Waals surface area (Å²) in [5.41, 5.74) is 10.0. The lowest BCUT2D eigenvalue weighted by molar-refractivity contribution is 0.301. The van der Waals surface area contributed by atoms with Gasteiger partial charge >= 0.3 is 0 Å². The third-order valence-corrected chi connectivity index (χ3v) is 3.48. The zero-order valence-electron chi connectivity index (χ0n) is 13.1. The Morgan fingerprint density at radius 3 is 2.43 bits per heavy atom. The number of anilines is 1. The Hall–Kier alpha value is -2.16. The normalized spacial score (nSPS) is 10.7. The standard InChI is InChI=1S/C18H23NO2/c1-12(2)15-7-5-13(3)9-18(15)21-11-14-6-8-17(20-4)16(19)10-14/h5-10,12H,11,19H2,1-4H3. The number of rotatable bonds is 5. The maximum Gasteiger partial charge on any atom is 0.141 e. The third-order valence-electron chi connectivity index (χ3n) is 3.48. The SMILES string of the molecule is COc1ccc(COc2cc(C)ccc2C(C)C)cc1N. The van der Waals surface area contributed by atoms with Gasteiger partial charge in [0.25, 0.3) is 0 Å². The largest absolute Gasteiger partial charge is 0.495 e. The van der Waals surface area contributed by atoms with Gasteiger partial charge in [0, 0.05) is 0 Å². The quantitative estimate of drug-likeness (QED) is 0.833. The molecule has 0 aliphatic heterocycles. The van der Waals surface area contributed by atoms with Gasteiger partial charge in [-0.05, 0) is 47.7 Å². The number of hydrogen-bond donors (Lipinski definition) is 1. The van der Waals surface area contributed by atoms with Crippen molar-refractivity contribution in [2.75, 3.05) is 12.8 Å². The van der Waals surface area contributed by atoms with Crippen molar-refractivity contribution >= 4 is 5.69 Å². The van der Waals surface area contributed by atoms with Gasteiger partial charge in [-0.3, -0.25) is 0 Å². The fourth-order valence-corrected chi connectivity index (χ4v) is 2.28. The third kappa shape index (κ3) is 3.69. The molecule has 0 saturated heterocycles. The zero-order chi connectivity index (χ0) is 15.4. The molecule has 0 bridgehead atoms. The number of methoxy groups -OCH3 is 1. The van der Waals surface area contributed by atoms with E-state index in [1.54, 1.807) is 7.11 Å². The van der Waals surface area contributed by atoms with Crippen LogP contribution in [0.25, 0.3) is 0 Å². The summed E-state index contributed by atoms with van der Waals surface area (Å²) in [6.45, 7) is 6.91. The molecule has 0 unspecified atom stereocenters. The van der Waals surface area contributed by atoms with Gasteiger partial charge in [0.1, 0.15) is 18.1 Å². The minimum Gasteiger partial charge on any atom is -0.495 e. The number of ether oxygens (including phenoxy) is 2. The number of hydrogen-bond acceptors (Lipinski definition) is 3. The molecule has 112 valence electrons. The summed E-state index contributed by atoms with van der Waals surface area (Å²) in [6, 6.07) is 12.1. The first kappa shape index (κ1) is 15.2. The fraction of sp³-hybridized carbons (Fsp3) is 0.333. The molecule has 0 fully saturated rings. The maximum absolute atomic E-state index is 6.00. The number of aryl methyl sites for hydroxylation is 1. The van der Waals surface area contributed by atoms with Crippen LogP contribution in [-0.4, -0.2) is 7.11 Å². The molecule has 0 aliphatic rings. The summed E-state index contributed by atoms with van der Waals surface area (Å²) < 4.78 is 11.2. The smallest absolute Gasteiger partial charge is 0.141 e.